The summed E-state index contributed by atoms with van der Waals surface area (Å²) in [5, 5.41) is 9.01. The Balaban J connectivity index is 2.68. The first-order valence-electron chi connectivity index (χ1n) is 6.07. The molecule has 0 unspecified atom stereocenters. The Hall–Kier alpha value is -1.86. The topological polar surface area (TPSA) is 53.3 Å². The quantitative estimate of drug-likeness (QED) is 0.720. The van der Waals surface area contributed by atoms with Gasteiger partial charge in [0.2, 0.25) is 0 Å². The molecule has 0 aliphatic rings. The van der Waals surface area contributed by atoms with Crippen LogP contribution in [0.1, 0.15) is 25.0 Å². The van der Waals surface area contributed by atoms with Crippen molar-refractivity contribution >= 4 is 5.97 Å². The SMILES string of the molecule is CCOC(=O)CN(CC)Cc1ccccc1C#N. The van der Waals surface area contributed by atoms with Crippen molar-refractivity contribution in [3.63, 3.8) is 0 Å². The number of esters is 1. The molecule has 1 aromatic carbocycles. The summed E-state index contributed by atoms with van der Waals surface area (Å²) < 4.78 is 4.92. The molecule has 0 aromatic heterocycles. The molecule has 1 aromatic rings. The summed E-state index contributed by atoms with van der Waals surface area (Å²) >= 11 is 0. The molecular weight excluding hydrogens is 228 g/mol. The van der Waals surface area contributed by atoms with E-state index in [4.69, 9.17) is 10.00 Å². The van der Waals surface area contributed by atoms with Gasteiger partial charge in [-0.1, -0.05) is 25.1 Å². The van der Waals surface area contributed by atoms with Gasteiger partial charge in [-0.3, -0.25) is 9.69 Å². The zero-order valence-corrected chi connectivity index (χ0v) is 10.8. The van der Waals surface area contributed by atoms with E-state index in [0.29, 0.717) is 18.7 Å². The Kier molecular flexibility index (Phi) is 5.89. The zero-order valence-electron chi connectivity index (χ0n) is 10.8. The maximum Gasteiger partial charge on any atom is 0.320 e. The molecule has 0 fully saturated rings. The number of ether oxygens (including phenoxy) is 1. The van der Waals surface area contributed by atoms with Crippen molar-refractivity contribution in [2.45, 2.75) is 20.4 Å². The van der Waals surface area contributed by atoms with Gasteiger partial charge < -0.3 is 4.74 Å². The Labute approximate surface area is 108 Å². The van der Waals surface area contributed by atoms with Crippen LogP contribution < -0.4 is 0 Å². The van der Waals surface area contributed by atoms with E-state index in [-0.39, 0.29) is 12.5 Å². The lowest BCUT2D eigenvalue weighted by molar-refractivity contribution is -0.144. The maximum atomic E-state index is 11.4. The average molecular weight is 246 g/mol. The lowest BCUT2D eigenvalue weighted by atomic mass is 10.1. The van der Waals surface area contributed by atoms with Gasteiger partial charge in [-0.15, -0.1) is 0 Å². The Morgan fingerprint density at radius 2 is 2.11 bits per heavy atom. The number of rotatable bonds is 6. The van der Waals surface area contributed by atoms with Crippen LogP contribution >= 0.6 is 0 Å². The van der Waals surface area contributed by atoms with Crippen molar-refractivity contribution in [2.24, 2.45) is 0 Å². The lowest BCUT2D eigenvalue weighted by Gasteiger charge is -2.19. The van der Waals surface area contributed by atoms with Gasteiger partial charge in [0.15, 0.2) is 0 Å². The van der Waals surface area contributed by atoms with Gasteiger partial charge in [0.05, 0.1) is 24.8 Å². The molecule has 0 saturated carbocycles. The van der Waals surface area contributed by atoms with Gasteiger partial charge >= 0.3 is 5.97 Å². The fourth-order valence-electron chi connectivity index (χ4n) is 1.68. The molecule has 0 bridgehead atoms. The first-order chi connectivity index (χ1) is 8.71. The number of likely N-dealkylation sites (N-methyl/N-ethyl adjacent to an activating group) is 1. The van der Waals surface area contributed by atoms with Crippen LogP contribution in [-0.4, -0.2) is 30.6 Å². The van der Waals surface area contributed by atoms with Crippen molar-refractivity contribution < 1.29 is 9.53 Å². The van der Waals surface area contributed by atoms with Crippen LogP contribution in [0.2, 0.25) is 0 Å². The molecule has 0 heterocycles. The number of carbonyl (C=O) groups is 1. The van der Waals surface area contributed by atoms with Gasteiger partial charge in [0.25, 0.3) is 0 Å². The van der Waals surface area contributed by atoms with Crippen LogP contribution in [0.3, 0.4) is 0 Å². The van der Waals surface area contributed by atoms with E-state index >= 15 is 0 Å². The van der Waals surface area contributed by atoms with E-state index in [1.54, 1.807) is 13.0 Å². The average Bonchev–Trinajstić information content (AvgIpc) is 2.38. The summed E-state index contributed by atoms with van der Waals surface area (Å²) in [5.74, 6) is -0.228. The predicted octanol–water partition coefficient (Wildman–Crippen LogP) is 1.94. The molecule has 0 saturated heterocycles. The first-order valence-corrected chi connectivity index (χ1v) is 6.07. The summed E-state index contributed by atoms with van der Waals surface area (Å²) in [5.41, 5.74) is 1.59. The Morgan fingerprint density at radius 1 is 1.39 bits per heavy atom. The molecule has 0 N–H and O–H groups in total. The van der Waals surface area contributed by atoms with Crippen molar-refractivity contribution in [2.75, 3.05) is 19.7 Å². The van der Waals surface area contributed by atoms with Crippen LogP contribution in [0, 0.1) is 11.3 Å². The lowest BCUT2D eigenvalue weighted by Crippen LogP contribution is -2.30. The molecular formula is C14H18N2O2. The Bertz CT molecular complexity index is 438. The summed E-state index contributed by atoms with van der Waals surface area (Å²) in [7, 11) is 0. The fourth-order valence-corrected chi connectivity index (χ4v) is 1.68. The minimum absolute atomic E-state index is 0.228. The highest BCUT2D eigenvalue weighted by Gasteiger charge is 2.11. The highest BCUT2D eigenvalue weighted by atomic mass is 16.5. The molecule has 0 aliphatic carbocycles. The van der Waals surface area contributed by atoms with Crippen LogP contribution in [0.25, 0.3) is 0 Å². The van der Waals surface area contributed by atoms with Crippen LogP contribution in [0.15, 0.2) is 24.3 Å². The molecule has 4 heteroatoms. The number of benzene rings is 1. The first kappa shape index (κ1) is 14.2. The van der Waals surface area contributed by atoms with Gasteiger partial charge in [0, 0.05) is 6.54 Å². The minimum Gasteiger partial charge on any atom is -0.465 e. The number of nitrogens with zero attached hydrogens (tertiary/aromatic N) is 2. The summed E-state index contributed by atoms with van der Waals surface area (Å²) in [4.78, 5) is 13.4. The van der Waals surface area contributed by atoms with E-state index in [2.05, 4.69) is 6.07 Å². The number of hydrogen-bond acceptors (Lipinski definition) is 4. The molecule has 4 nitrogen and oxygen atoms in total. The largest absolute Gasteiger partial charge is 0.465 e. The van der Waals surface area contributed by atoms with Crippen molar-refractivity contribution in [1.82, 2.24) is 4.90 Å². The van der Waals surface area contributed by atoms with Crippen LogP contribution in [0.4, 0.5) is 0 Å². The smallest absolute Gasteiger partial charge is 0.320 e. The van der Waals surface area contributed by atoms with E-state index < -0.39 is 0 Å². The summed E-state index contributed by atoms with van der Waals surface area (Å²) in [6.45, 7) is 5.74. The highest BCUT2D eigenvalue weighted by Crippen LogP contribution is 2.10. The summed E-state index contributed by atoms with van der Waals surface area (Å²) in [6, 6.07) is 9.59. The van der Waals surface area contributed by atoms with Crippen LogP contribution in [-0.2, 0) is 16.1 Å². The number of hydrogen-bond donors (Lipinski definition) is 0. The Morgan fingerprint density at radius 3 is 2.72 bits per heavy atom. The molecule has 18 heavy (non-hydrogen) atoms. The maximum absolute atomic E-state index is 11.4. The van der Waals surface area contributed by atoms with Gasteiger partial charge in [-0.2, -0.15) is 5.26 Å². The molecule has 0 radical (unpaired) electrons. The van der Waals surface area contributed by atoms with E-state index in [9.17, 15) is 4.79 Å². The van der Waals surface area contributed by atoms with E-state index in [0.717, 1.165) is 12.1 Å². The second kappa shape index (κ2) is 7.46. The van der Waals surface area contributed by atoms with Crippen molar-refractivity contribution in [1.29, 1.82) is 5.26 Å². The van der Waals surface area contributed by atoms with Crippen LogP contribution in [0.5, 0.6) is 0 Å². The standard InChI is InChI=1S/C14H18N2O2/c1-3-16(11-14(17)18-4-2)10-13-8-6-5-7-12(13)9-15/h5-8H,3-4,10-11H2,1-2H3. The molecule has 0 atom stereocenters. The second-order valence-electron chi connectivity index (χ2n) is 3.88. The van der Waals surface area contributed by atoms with E-state index in [1.807, 2.05) is 30.0 Å². The third-order valence-corrected chi connectivity index (χ3v) is 2.64. The number of nitriles is 1. The zero-order chi connectivity index (χ0) is 13.4. The van der Waals surface area contributed by atoms with E-state index in [1.165, 1.54) is 0 Å². The van der Waals surface area contributed by atoms with Crippen molar-refractivity contribution in [3.05, 3.63) is 35.4 Å². The van der Waals surface area contributed by atoms with Gasteiger partial charge in [-0.05, 0) is 25.1 Å². The predicted molar refractivity (Wildman–Crippen MR) is 68.7 cm³/mol. The second-order valence-corrected chi connectivity index (χ2v) is 3.88. The van der Waals surface area contributed by atoms with Gasteiger partial charge in [-0.25, -0.2) is 0 Å². The monoisotopic (exact) mass is 246 g/mol. The molecule has 0 amide bonds. The molecule has 96 valence electrons. The third kappa shape index (κ3) is 4.19. The normalized spacial score (nSPS) is 10.1. The minimum atomic E-state index is -0.228. The summed E-state index contributed by atoms with van der Waals surface area (Å²) in [6.07, 6.45) is 0. The highest BCUT2D eigenvalue weighted by molar-refractivity contribution is 5.71. The number of carbonyl (C=O) groups excluding carboxylic acids is 1. The molecule has 1 rings (SSSR count). The molecule has 0 spiro atoms. The van der Waals surface area contributed by atoms with Gasteiger partial charge in [0.1, 0.15) is 0 Å². The molecule has 0 aliphatic heterocycles. The fraction of sp³-hybridized carbons (Fsp3) is 0.429. The third-order valence-electron chi connectivity index (χ3n) is 2.64. The van der Waals surface area contributed by atoms with Crippen molar-refractivity contribution in [3.8, 4) is 6.07 Å².